The van der Waals surface area contributed by atoms with Crippen molar-refractivity contribution >= 4 is 5.97 Å². The molecule has 0 aromatic heterocycles. The van der Waals surface area contributed by atoms with Crippen molar-refractivity contribution in [2.24, 2.45) is 0 Å². The Morgan fingerprint density at radius 3 is 2.41 bits per heavy atom. The van der Waals surface area contributed by atoms with E-state index in [-0.39, 0.29) is 18.1 Å². The molecule has 0 spiro atoms. The lowest BCUT2D eigenvalue weighted by Crippen LogP contribution is -2.47. The van der Waals surface area contributed by atoms with Gasteiger partial charge in [0.1, 0.15) is 6.10 Å². The fraction of sp³-hybridized carbons (Fsp3) is 0.316. The second-order valence-electron chi connectivity index (χ2n) is 5.82. The molecule has 0 aliphatic carbocycles. The molecule has 1 fully saturated rings. The third-order valence-corrected chi connectivity index (χ3v) is 4.20. The molecule has 3 rings (SSSR count). The van der Waals surface area contributed by atoms with E-state index in [1.54, 1.807) is 0 Å². The van der Waals surface area contributed by atoms with Gasteiger partial charge in [0.15, 0.2) is 0 Å². The van der Waals surface area contributed by atoms with E-state index in [4.69, 9.17) is 4.74 Å². The van der Waals surface area contributed by atoms with Crippen molar-refractivity contribution < 1.29 is 9.53 Å². The van der Waals surface area contributed by atoms with Gasteiger partial charge in [0.2, 0.25) is 0 Å². The Hall–Kier alpha value is -2.13. The maximum absolute atomic E-state index is 11.9. The predicted octanol–water partition coefficient (Wildman–Crippen LogP) is 3.22. The number of nitrogens with zero attached hydrogens (tertiary/aromatic N) is 1. The summed E-state index contributed by atoms with van der Waals surface area (Å²) in [4.78, 5) is 14.1. The number of carbonyl (C=O) groups is 1. The lowest BCUT2D eigenvalue weighted by atomic mass is 10.0. The van der Waals surface area contributed by atoms with E-state index in [2.05, 4.69) is 36.1 Å². The summed E-state index contributed by atoms with van der Waals surface area (Å²) in [6, 6.07) is 20.7. The highest BCUT2D eigenvalue weighted by Crippen LogP contribution is 2.23. The van der Waals surface area contributed by atoms with Crippen LogP contribution in [-0.4, -0.2) is 30.1 Å². The molecular formula is C19H21NO2. The number of hydrogen-bond acceptors (Lipinski definition) is 3. The molecule has 2 aromatic carbocycles. The molecule has 3 heteroatoms. The molecule has 0 unspecified atom stereocenters. The van der Waals surface area contributed by atoms with Crippen molar-refractivity contribution in [2.75, 3.05) is 13.1 Å². The first-order valence-electron chi connectivity index (χ1n) is 7.75. The van der Waals surface area contributed by atoms with Crippen LogP contribution in [0.1, 0.15) is 24.1 Å². The van der Waals surface area contributed by atoms with Crippen LogP contribution < -0.4 is 0 Å². The minimum absolute atomic E-state index is 0.0742. The Labute approximate surface area is 131 Å². The molecule has 0 bridgehead atoms. The number of carbonyl (C=O) groups excluding carboxylic acids is 1. The molecule has 0 radical (unpaired) electrons. The van der Waals surface area contributed by atoms with Crippen LogP contribution in [0.2, 0.25) is 0 Å². The topological polar surface area (TPSA) is 29.5 Å². The minimum atomic E-state index is -0.130. The summed E-state index contributed by atoms with van der Waals surface area (Å²) in [5.74, 6) is -0.130. The fourth-order valence-corrected chi connectivity index (χ4v) is 2.97. The number of cyclic esters (lactones) is 1. The van der Waals surface area contributed by atoms with E-state index in [0.717, 1.165) is 13.0 Å². The van der Waals surface area contributed by atoms with Crippen LogP contribution >= 0.6 is 0 Å². The molecule has 1 heterocycles. The van der Waals surface area contributed by atoms with E-state index in [1.807, 2.05) is 36.4 Å². The molecule has 3 nitrogen and oxygen atoms in total. The normalized spacial score (nSPS) is 20.4. The van der Waals surface area contributed by atoms with Crippen LogP contribution in [0, 0.1) is 0 Å². The van der Waals surface area contributed by atoms with Crippen molar-refractivity contribution in [3.05, 3.63) is 71.8 Å². The summed E-state index contributed by atoms with van der Waals surface area (Å²) >= 11 is 0. The number of rotatable bonds is 4. The molecule has 114 valence electrons. The van der Waals surface area contributed by atoms with E-state index in [9.17, 15) is 4.79 Å². The zero-order chi connectivity index (χ0) is 15.4. The van der Waals surface area contributed by atoms with Crippen LogP contribution in [-0.2, 0) is 16.0 Å². The van der Waals surface area contributed by atoms with E-state index < -0.39 is 0 Å². The average molecular weight is 295 g/mol. The molecule has 0 N–H and O–H groups in total. The van der Waals surface area contributed by atoms with Crippen LogP contribution in [0.5, 0.6) is 0 Å². The number of hydrogen-bond donors (Lipinski definition) is 0. The summed E-state index contributed by atoms with van der Waals surface area (Å²) in [6.45, 7) is 3.28. The first kappa shape index (κ1) is 14.8. The summed E-state index contributed by atoms with van der Waals surface area (Å²) in [7, 11) is 0. The van der Waals surface area contributed by atoms with Gasteiger partial charge < -0.3 is 4.74 Å². The van der Waals surface area contributed by atoms with Gasteiger partial charge in [-0.1, -0.05) is 60.7 Å². The standard InChI is InChI=1S/C19H21NO2/c1-15(17-10-6-3-7-11-17)20-13-18(22-19(21)14-20)12-16-8-4-2-5-9-16/h2-11,15,18H,12-14H2,1H3/t15-,18-/m0/s1. The van der Waals surface area contributed by atoms with Crippen molar-refractivity contribution in [3.63, 3.8) is 0 Å². The largest absolute Gasteiger partial charge is 0.460 e. The highest BCUT2D eigenvalue weighted by atomic mass is 16.5. The molecule has 1 saturated heterocycles. The van der Waals surface area contributed by atoms with Crippen molar-refractivity contribution in [1.82, 2.24) is 4.90 Å². The molecule has 22 heavy (non-hydrogen) atoms. The van der Waals surface area contributed by atoms with Crippen molar-refractivity contribution in [1.29, 1.82) is 0 Å². The Morgan fingerprint density at radius 1 is 1.09 bits per heavy atom. The molecule has 2 atom stereocenters. The second-order valence-corrected chi connectivity index (χ2v) is 5.82. The van der Waals surface area contributed by atoms with Gasteiger partial charge in [-0.2, -0.15) is 0 Å². The summed E-state index contributed by atoms with van der Waals surface area (Å²) in [6.07, 6.45) is 0.694. The lowest BCUT2D eigenvalue weighted by Gasteiger charge is -2.36. The third kappa shape index (κ3) is 3.55. The molecule has 0 saturated carbocycles. The molecule has 2 aromatic rings. The minimum Gasteiger partial charge on any atom is -0.460 e. The van der Waals surface area contributed by atoms with Gasteiger partial charge in [-0.3, -0.25) is 9.69 Å². The number of benzene rings is 2. The first-order valence-corrected chi connectivity index (χ1v) is 7.75. The van der Waals surface area contributed by atoms with Gasteiger partial charge in [-0.05, 0) is 18.1 Å². The first-order chi connectivity index (χ1) is 10.7. The van der Waals surface area contributed by atoms with E-state index >= 15 is 0 Å². The average Bonchev–Trinajstić information content (AvgIpc) is 2.55. The highest BCUT2D eigenvalue weighted by molar-refractivity contribution is 5.72. The Morgan fingerprint density at radius 2 is 1.73 bits per heavy atom. The van der Waals surface area contributed by atoms with Crippen LogP contribution in [0.25, 0.3) is 0 Å². The number of esters is 1. The SMILES string of the molecule is C[C@@H](c1ccccc1)N1CC(=O)O[C@@H](Cc2ccccc2)C1. The Bertz CT molecular complexity index is 612. The third-order valence-electron chi connectivity index (χ3n) is 4.20. The molecule has 0 amide bonds. The molecule has 1 aliphatic rings. The van der Waals surface area contributed by atoms with Crippen LogP contribution in [0.3, 0.4) is 0 Å². The fourth-order valence-electron chi connectivity index (χ4n) is 2.97. The monoisotopic (exact) mass is 295 g/mol. The maximum Gasteiger partial charge on any atom is 0.320 e. The van der Waals surface area contributed by atoms with Gasteiger partial charge in [0.05, 0.1) is 6.54 Å². The highest BCUT2D eigenvalue weighted by Gasteiger charge is 2.30. The van der Waals surface area contributed by atoms with E-state index in [1.165, 1.54) is 11.1 Å². The van der Waals surface area contributed by atoms with Crippen LogP contribution in [0.4, 0.5) is 0 Å². The van der Waals surface area contributed by atoms with Crippen molar-refractivity contribution in [3.8, 4) is 0 Å². The summed E-state index contributed by atoms with van der Waals surface area (Å²) < 4.78 is 5.53. The smallest absolute Gasteiger partial charge is 0.320 e. The Kier molecular flexibility index (Phi) is 4.54. The zero-order valence-corrected chi connectivity index (χ0v) is 12.8. The molecule has 1 aliphatic heterocycles. The van der Waals surface area contributed by atoms with Gasteiger partial charge in [0, 0.05) is 19.0 Å². The van der Waals surface area contributed by atoms with Gasteiger partial charge in [0.25, 0.3) is 0 Å². The van der Waals surface area contributed by atoms with E-state index in [0.29, 0.717) is 6.54 Å². The number of ether oxygens (including phenoxy) is 1. The maximum atomic E-state index is 11.9. The summed E-state index contributed by atoms with van der Waals surface area (Å²) in [5, 5.41) is 0. The molecular weight excluding hydrogens is 274 g/mol. The van der Waals surface area contributed by atoms with Gasteiger partial charge in [-0.25, -0.2) is 0 Å². The second kappa shape index (κ2) is 6.75. The zero-order valence-electron chi connectivity index (χ0n) is 12.8. The lowest BCUT2D eigenvalue weighted by molar-refractivity contribution is -0.160. The summed E-state index contributed by atoms with van der Waals surface area (Å²) in [5.41, 5.74) is 2.44. The van der Waals surface area contributed by atoms with Gasteiger partial charge in [-0.15, -0.1) is 0 Å². The van der Waals surface area contributed by atoms with Crippen molar-refractivity contribution in [2.45, 2.75) is 25.5 Å². The number of morpholine rings is 1. The van der Waals surface area contributed by atoms with Gasteiger partial charge >= 0.3 is 5.97 Å². The van der Waals surface area contributed by atoms with Crippen LogP contribution in [0.15, 0.2) is 60.7 Å². The Balaban J connectivity index is 1.69. The quantitative estimate of drug-likeness (QED) is 0.811. The predicted molar refractivity (Wildman–Crippen MR) is 86.5 cm³/mol.